The summed E-state index contributed by atoms with van der Waals surface area (Å²) in [5.41, 5.74) is 0.763. The van der Waals surface area contributed by atoms with Crippen molar-refractivity contribution in [2.45, 2.75) is 18.9 Å². The number of pyridine rings is 1. The molecule has 0 aliphatic carbocycles. The molecule has 0 unspecified atom stereocenters. The number of amides is 1. The van der Waals surface area contributed by atoms with Crippen LogP contribution in [0, 0.1) is 5.92 Å². The van der Waals surface area contributed by atoms with Gasteiger partial charge in [-0.15, -0.1) is 0 Å². The lowest BCUT2D eigenvalue weighted by Crippen LogP contribution is -2.57. The minimum atomic E-state index is -0.148. The van der Waals surface area contributed by atoms with E-state index in [9.17, 15) is 4.79 Å². The number of carbonyl (C=O) groups is 1. The number of hydrogen-bond acceptors (Lipinski definition) is 4. The van der Waals surface area contributed by atoms with E-state index >= 15 is 0 Å². The molecule has 3 aliphatic rings. The van der Waals surface area contributed by atoms with Crippen LogP contribution in [0.4, 0.5) is 0 Å². The standard InChI is InChI=1S/C17H18ClN3O2/c18-13-7-12(8-19-9-13)15-1-2-16(23-15)17(22)20-14-10-21-5-3-11(14)4-6-21/h1-2,7-9,11,14H,3-6,10H2,(H,20,22)/t14-/m0/s1. The summed E-state index contributed by atoms with van der Waals surface area (Å²) in [5, 5.41) is 3.67. The molecule has 1 amide bonds. The summed E-state index contributed by atoms with van der Waals surface area (Å²) in [5.74, 6) is 1.37. The predicted molar refractivity (Wildman–Crippen MR) is 87.4 cm³/mol. The van der Waals surface area contributed by atoms with Gasteiger partial charge in [-0.2, -0.15) is 0 Å². The Morgan fingerprint density at radius 2 is 2.13 bits per heavy atom. The number of furan rings is 1. The van der Waals surface area contributed by atoms with Crippen LogP contribution < -0.4 is 5.32 Å². The van der Waals surface area contributed by atoms with Gasteiger partial charge < -0.3 is 14.6 Å². The molecule has 1 atom stereocenters. The zero-order valence-corrected chi connectivity index (χ0v) is 13.4. The Labute approximate surface area is 139 Å². The molecule has 0 spiro atoms. The fourth-order valence-electron chi connectivity index (χ4n) is 3.53. The van der Waals surface area contributed by atoms with Crippen molar-refractivity contribution in [2.75, 3.05) is 19.6 Å². The Bertz CT molecular complexity index is 722. The summed E-state index contributed by atoms with van der Waals surface area (Å²) < 4.78 is 5.68. The maximum Gasteiger partial charge on any atom is 0.287 e. The molecule has 0 radical (unpaired) electrons. The van der Waals surface area contributed by atoms with Crippen molar-refractivity contribution in [3.05, 3.63) is 41.4 Å². The van der Waals surface area contributed by atoms with Crippen molar-refractivity contribution in [1.29, 1.82) is 0 Å². The predicted octanol–water partition coefficient (Wildman–Crippen LogP) is 2.82. The van der Waals surface area contributed by atoms with E-state index in [1.807, 2.05) is 0 Å². The van der Waals surface area contributed by atoms with Gasteiger partial charge in [0.25, 0.3) is 5.91 Å². The smallest absolute Gasteiger partial charge is 0.287 e. The van der Waals surface area contributed by atoms with Crippen molar-refractivity contribution in [3.63, 3.8) is 0 Å². The monoisotopic (exact) mass is 331 g/mol. The molecule has 5 heterocycles. The SMILES string of the molecule is O=C(N[C@H]1CN2CCC1CC2)c1ccc(-c2cncc(Cl)c2)o1. The van der Waals surface area contributed by atoms with Gasteiger partial charge in [0.2, 0.25) is 0 Å². The summed E-state index contributed by atoms with van der Waals surface area (Å²) in [6, 6.07) is 5.47. The zero-order valence-electron chi connectivity index (χ0n) is 12.7. The Hall–Kier alpha value is -1.85. The molecule has 3 saturated heterocycles. The quantitative estimate of drug-likeness (QED) is 0.939. The second kappa shape index (κ2) is 5.98. The second-order valence-electron chi connectivity index (χ2n) is 6.27. The molecule has 3 aliphatic heterocycles. The Balaban J connectivity index is 1.47. The van der Waals surface area contributed by atoms with Crippen LogP contribution in [0.3, 0.4) is 0 Å². The molecule has 0 aromatic carbocycles. The summed E-state index contributed by atoms with van der Waals surface area (Å²) in [6.45, 7) is 3.26. The van der Waals surface area contributed by atoms with Gasteiger partial charge in [-0.05, 0) is 50.0 Å². The van der Waals surface area contributed by atoms with Crippen molar-refractivity contribution in [1.82, 2.24) is 15.2 Å². The van der Waals surface area contributed by atoms with Gasteiger partial charge in [0, 0.05) is 30.5 Å². The van der Waals surface area contributed by atoms with E-state index < -0.39 is 0 Å². The molecule has 3 fully saturated rings. The van der Waals surface area contributed by atoms with Gasteiger partial charge in [0.05, 0.1) is 5.02 Å². The molecule has 1 N–H and O–H groups in total. The normalized spacial score (nSPS) is 26.2. The molecule has 5 rings (SSSR count). The molecule has 0 saturated carbocycles. The molecule has 6 heteroatoms. The highest BCUT2D eigenvalue weighted by atomic mass is 35.5. The number of rotatable bonds is 3. The highest BCUT2D eigenvalue weighted by molar-refractivity contribution is 6.30. The van der Waals surface area contributed by atoms with Crippen LogP contribution in [0.2, 0.25) is 5.02 Å². The third kappa shape index (κ3) is 2.99. The topological polar surface area (TPSA) is 58.4 Å². The second-order valence-corrected chi connectivity index (χ2v) is 6.71. The maximum atomic E-state index is 12.4. The average molecular weight is 332 g/mol. The highest BCUT2D eigenvalue weighted by Gasteiger charge is 2.35. The number of aromatic nitrogens is 1. The van der Waals surface area contributed by atoms with E-state index in [0.29, 0.717) is 22.5 Å². The minimum Gasteiger partial charge on any atom is -0.451 e. The van der Waals surface area contributed by atoms with E-state index in [2.05, 4.69) is 15.2 Å². The van der Waals surface area contributed by atoms with Crippen molar-refractivity contribution >= 4 is 17.5 Å². The number of halogens is 1. The van der Waals surface area contributed by atoms with Crippen LogP contribution in [-0.4, -0.2) is 41.5 Å². The Morgan fingerprint density at radius 1 is 1.30 bits per heavy atom. The van der Waals surface area contributed by atoms with Crippen LogP contribution in [0.1, 0.15) is 23.4 Å². The summed E-state index contributed by atoms with van der Waals surface area (Å²) in [7, 11) is 0. The van der Waals surface area contributed by atoms with Crippen LogP contribution in [-0.2, 0) is 0 Å². The first kappa shape index (κ1) is 14.7. The number of fused-ring (bicyclic) bond motifs is 3. The van der Waals surface area contributed by atoms with E-state index in [1.54, 1.807) is 30.6 Å². The lowest BCUT2D eigenvalue weighted by atomic mass is 9.84. The lowest BCUT2D eigenvalue weighted by molar-refractivity contribution is 0.0606. The summed E-state index contributed by atoms with van der Waals surface area (Å²) in [4.78, 5) is 18.9. The number of hydrogen-bond donors (Lipinski definition) is 1. The van der Waals surface area contributed by atoms with Crippen molar-refractivity contribution in [2.24, 2.45) is 5.92 Å². The fourth-order valence-corrected chi connectivity index (χ4v) is 3.70. The molecular formula is C17H18ClN3O2. The molecule has 2 bridgehead atoms. The van der Waals surface area contributed by atoms with Crippen molar-refractivity contribution < 1.29 is 9.21 Å². The first-order valence-electron chi connectivity index (χ1n) is 7.93. The Kier molecular flexibility index (Phi) is 3.83. The van der Waals surface area contributed by atoms with Gasteiger partial charge in [-0.25, -0.2) is 0 Å². The van der Waals surface area contributed by atoms with Crippen LogP contribution in [0.15, 0.2) is 35.0 Å². The van der Waals surface area contributed by atoms with Gasteiger partial charge in [-0.1, -0.05) is 11.6 Å². The van der Waals surface area contributed by atoms with Crippen LogP contribution >= 0.6 is 11.6 Å². The molecular weight excluding hydrogens is 314 g/mol. The van der Waals surface area contributed by atoms with Crippen LogP contribution in [0.25, 0.3) is 11.3 Å². The van der Waals surface area contributed by atoms with Gasteiger partial charge in [0.1, 0.15) is 5.76 Å². The van der Waals surface area contributed by atoms with E-state index in [0.717, 1.165) is 25.2 Å². The summed E-state index contributed by atoms with van der Waals surface area (Å²) >= 11 is 5.94. The zero-order chi connectivity index (χ0) is 15.8. The molecule has 23 heavy (non-hydrogen) atoms. The maximum absolute atomic E-state index is 12.4. The third-order valence-corrected chi connectivity index (χ3v) is 5.00. The fraction of sp³-hybridized carbons (Fsp3) is 0.412. The molecule has 120 valence electrons. The molecule has 2 aromatic heterocycles. The number of nitrogens with zero attached hydrogens (tertiary/aromatic N) is 2. The number of nitrogens with one attached hydrogen (secondary N) is 1. The summed E-state index contributed by atoms with van der Waals surface area (Å²) in [6.07, 6.45) is 5.57. The lowest BCUT2D eigenvalue weighted by Gasteiger charge is -2.44. The largest absolute Gasteiger partial charge is 0.451 e. The van der Waals surface area contributed by atoms with Gasteiger partial charge in [-0.3, -0.25) is 9.78 Å². The van der Waals surface area contributed by atoms with Crippen LogP contribution in [0.5, 0.6) is 0 Å². The Morgan fingerprint density at radius 3 is 2.83 bits per heavy atom. The van der Waals surface area contributed by atoms with E-state index in [-0.39, 0.29) is 11.9 Å². The van der Waals surface area contributed by atoms with Gasteiger partial charge in [0.15, 0.2) is 5.76 Å². The van der Waals surface area contributed by atoms with Crippen molar-refractivity contribution in [3.8, 4) is 11.3 Å². The number of piperidine rings is 3. The van der Waals surface area contributed by atoms with E-state index in [1.165, 1.54) is 12.8 Å². The molecule has 5 nitrogen and oxygen atoms in total. The minimum absolute atomic E-state index is 0.148. The first-order valence-corrected chi connectivity index (χ1v) is 8.31. The molecule has 2 aromatic rings. The number of carbonyl (C=O) groups excluding carboxylic acids is 1. The van der Waals surface area contributed by atoms with Gasteiger partial charge >= 0.3 is 0 Å². The third-order valence-electron chi connectivity index (χ3n) is 4.79. The highest BCUT2D eigenvalue weighted by Crippen LogP contribution is 2.28. The first-order chi connectivity index (χ1) is 11.2. The van der Waals surface area contributed by atoms with E-state index in [4.69, 9.17) is 16.0 Å². The average Bonchev–Trinajstić information content (AvgIpc) is 3.06.